The molecule has 0 spiro atoms. The van der Waals surface area contributed by atoms with Crippen molar-refractivity contribution < 1.29 is 0 Å². The minimum absolute atomic E-state index is 0.210. The van der Waals surface area contributed by atoms with Gasteiger partial charge in [-0.1, -0.05) is 25.1 Å². The largest absolute Gasteiger partial charge is 0.309 e. The van der Waals surface area contributed by atoms with Crippen molar-refractivity contribution in [3.63, 3.8) is 0 Å². The van der Waals surface area contributed by atoms with E-state index < -0.39 is 0 Å². The molecule has 2 aromatic rings. The Morgan fingerprint density at radius 1 is 1.32 bits per heavy atom. The van der Waals surface area contributed by atoms with Gasteiger partial charge in [-0.2, -0.15) is 0 Å². The SMILES string of the molecule is CCCn1nncc1C(Cc1ccccn1)NCC. The number of pyridine rings is 1. The highest BCUT2D eigenvalue weighted by Gasteiger charge is 2.16. The van der Waals surface area contributed by atoms with E-state index in [1.807, 2.05) is 29.2 Å². The number of aryl methyl sites for hydroxylation is 1. The van der Waals surface area contributed by atoms with Gasteiger partial charge in [-0.25, -0.2) is 4.68 Å². The second kappa shape index (κ2) is 6.99. The lowest BCUT2D eigenvalue weighted by atomic mass is 10.1. The van der Waals surface area contributed by atoms with Gasteiger partial charge >= 0.3 is 0 Å². The molecule has 19 heavy (non-hydrogen) atoms. The maximum absolute atomic E-state index is 4.40. The van der Waals surface area contributed by atoms with Gasteiger partial charge in [0.15, 0.2) is 0 Å². The van der Waals surface area contributed by atoms with Crippen molar-refractivity contribution in [3.8, 4) is 0 Å². The molecule has 0 aliphatic rings. The fourth-order valence-electron chi connectivity index (χ4n) is 2.18. The topological polar surface area (TPSA) is 55.6 Å². The van der Waals surface area contributed by atoms with Crippen molar-refractivity contribution in [1.82, 2.24) is 25.3 Å². The van der Waals surface area contributed by atoms with E-state index in [0.29, 0.717) is 0 Å². The Morgan fingerprint density at radius 3 is 2.89 bits per heavy atom. The van der Waals surface area contributed by atoms with E-state index in [9.17, 15) is 0 Å². The van der Waals surface area contributed by atoms with Gasteiger partial charge in [-0.05, 0) is 25.1 Å². The van der Waals surface area contributed by atoms with Crippen molar-refractivity contribution in [2.24, 2.45) is 0 Å². The summed E-state index contributed by atoms with van der Waals surface area (Å²) in [5.74, 6) is 0. The number of nitrogens with one attached hydrogen (secondary N) is 1. The van der Waals surface area contributed by atoms with Gasteiger partial charge in [-0.15, -0.1) is 5.10 Å². The molecule has 0 saturated heterocycles. The van der Waals surface area contributed by atoms with Gasteiger partial charge in [-0.3, -0.25) is 4.98 Å². The fraction of sp³-hybridized carbons (Fsp3) is 0.500. The van der Waals surface area contributed by atoms with Crippen molar-refractivity contribution in [2.75, 3.05) is 6.54 Å². The molecule has 0 bridgehead atoms. The Kier molecular flexibility index (Phi) is 5.03. The maximum Gasteiger partial charge on any atom is 0.0760 e. The van der Waals surface area contributed by atoms with E-state index in [1.54, 1.807) is 0 Å². The first kappa shape index (κ1) is 13.7. The van der Waals surface area contributed by atoms with Crippen LogP contribution in [0, 0.1) is 0 Å². The van der Waals surface area contributed by atoms with Gasteiger partial charge < -0.3 is 5.32 Å². The van der Waals surface area contributed by atoms with Crippen molar-refractivity contribution >= 4 is 0 Å². The molecule has 0 saturated carbocycles. The summed E-state index contributed by atoms with van der Waals surface area (Å²) in [5.41, 5.74) is 2.21. The molecule has 0 radical (unpaired) electrons. The number of hydrogen-bond donors (Lipinski definition) is 1. The quantitative estimate of drug-likeness (QED) is 0.826. The molecule has 0 aromatic carbocycles. The fourth-order valence-corrected chi connectivity index (χ4v) is 2.18. The third kappa shape index (κ3) is 3.61. The van der Waals surface area contributed by atoms with Crippen LogP contribution in [-0.4, -0.2) is 26.5 Å². The summed E-state index contributed by atoms with van der Waals surface area (Å²) in [6, 6.07) is 6.22. The first-order valence-corrected chi connectivity index (χ1v) is 6.86. The monoisotopic (exact) mass is 259 g/mol. The number of nitrogens with zero attached hydrogens (tertiary/aromatic N) is 4. The van der Waals surface area contributed by atoms with E-state index in [2.05, 4.69) is 40.5 Å². The summed E-state index contributed by atoms with van der Waals surface area (Å²) >= 11 is 0. The standard InChI is InChI=1S/C14H21N5/c1-3-9-19-14(11-17-18-19)13(15-4-2)10-12-7-5-6-8-16-12/h5-8,11,13,15H,3-4,9-10H2,1-2H3. The zero-order valence-corrected chi connectivity index (χ0v) is 11.6. The van der Waals surface area contributed by atoms with Gasteiger partial charge in [0.05, 0.1) is 17.9 Å². The predicted octanol–water partition coefficient (Wildman–Crippen LogP) is 1.98. The zero-order chi connectivity index (χ0) is 13.5. The van der Waals surface area contributed by atoms with Crippen LogP contribution >= 0.6 is 0 Å². The lowest BCUT2D eigenvalue weighted by Crippen LogP contribution is -2.26. The molecule has 1 atom stereocenters. The van der Waals surface area contributed by atoms with Crippen LogP contribution in [0.2, 0.25) is 0 Å². The summed E-state index contributed by atoms with van der Waals surface area (Å²) in [4.78, 5) is 4.40. The lowest BCUT2D eigenvalue weighted by molar-refractivity contribution is 0.471. The molecule has 5 nitrogen and oxygen atoms in total. The minimum atomic E-state index is 0.210. The third-order valence-electron chi connectivity index (χ3n) is 3.03. The van der Waals surface area contributed by atoms with E-state index in [-0.39, 0.29) is 6.04 Å². The van der Waals surface area contributed by atoms with Crippen LogP contribution in [0.4, 0.5) is 0 Å². The predicted molar refractivity (Wildman–Crippen MR) is 74.7 cm³/mol. The molecule has 1 N–H and O–H groups in total. The third-order valence-corrected chi connectivity index (χ3v) is 3.03. The van der Waals surface area contributed by atoms with Crippen molar-refractivity contribution in [2.45, 2.75) is 39.3 Å². The van der Waals surface area contributed by atoms with Gasteiger partial charge in [0, 0.05) is 24.9 Å². The highest BCUT2D eigenvalue weighted by molar-refractivity contribution is 5.11. The highest BCUT2D eigenvalue weighted by Crippen LogP contribution is 2.16. The number of hydrogen-bond acceptors (Lipinski definition) is 4. The summed E-state index contributed by atoms with van der Waals surface area (Å²) < 4.78 is 1.98. The Bertz CT molecular complexity index is 480. The highest BCUT2D eigenvalue weighted by atomic mass is 15.4. The van der Waals surface area contributed by atoms with Crippen LogP contribution in [0.15, 0.2) is 30.6 Å². The Morgan fingerprint density at radius 2 is 2.21 bits per heavy atom. The molecule has 2 rings (SSSR count). The van der Waals surface area contributed by atoms with Crippen molar-refractivity contribution in [1.29, 1.82) is 0 Å². The van der Waals surface area contributed by atoms with Gasteiger partial charge in [0.1, 0.15) is 0 Å². The minimum Gasteiger partial charge on any atom is -0.309 e. The normalized spacial score (nSPS) is 12.5. The molecule has 0 fully saturated rings. The van der Waals surface area contributed by atoms with E-state index in [1.165, 1.54) is 0 Å². The molecule has 5 heteroatoms. The van der Waals surface area contributed by atoms with Crippen LogP contribution in [-0.2, 0) is 13.0 Å². The number of rotatable bonds is 7. The summed E-state index contributed by atoms with van der Waals surface area (Å²) in [6.07, 6.45) is 5.59. The van der Waals surface area contributed by atoms with Gasteiger partial charge in [0.25, 0.3) is 0 Å². The summed E-state index contributed by atoms with van der Waals surface area (Å²) in [7, 11) is 0. The van der Waals surface area contributed by atoms with Gasteiger partial charge in [0.2, 0.25) is 0 Å². The smallest absolute Gasteiger partial charge is 0.0760 e. The molecule has 1 unspecified atom stereocenters. The second-order valence-electron chi connectivity index (χ2n) is 4.52. The van der Waals surface area contributed by atoms with E-state index in [4.69, 9.17) is 0 Å². The van der Waals surface area contributed by atoms with E-state index >= 15 is 0 Å². The lowest BCUT2D eigenvalue weighted by Gasteiger charge is -2.18. The average molecular weight is 259 g/mol. The molecule has 0 aliphatic heterocycles. The first-order chi connectivity index (χ1) is 9.35. The first-order valence-electron chi connectivity index (χ1n) is 6.86. The molecule has 2 heterocycles. The summed E-state index contributed by atoms with van der Waals surface area (Å²) in [5, 5.41) is 11.7. The Balaban J connectivity index is 2.17. The molecular formula is C14H21N5. The molecular weight excluding hydrogens is 238 g/mol. The summed E-state index contributed by atoms with van der Waals surface area (Å²) in [6.45, 7) is 6.07. The molecule has 0 amide bonds. The zero-order valence-electron chi connectivity index (χ0n) is 11.6. The van der Waals surface area contributed by atoms with E-state index in [0.717, 1.165) is 37.3 Å². The van der Waals surface area contributed by atoms with Crippen LogP contribution in [0.1, 0.15) is 37.7 Å². The maximum atomic E-state index is 4.40. The second-order valence-corrected chi connectivity index (χ2v) is 4.52. The molecule has 102 valence electrons. The average Bonchev–Trinajstić information content (AvgIpc) is 2.88. The number of aromatic nitrogens is 4. The van der Waals surface area contributed by atoms with Crippen LogP contribution in [0.5, 0.6) is 0 Å². The van der Waals surface area contributed by atoms with Crippen LogP contribution < -0.4 is 5.32 Å². The van der Waals surface area contributed by atoms with Crippen molar-refractivity contribution in [3.05, 3.63) is 42.0 Å². The number of likely N-dealkylation sites (N-methyl/N-ethyl adjacent to an activating group) is 1. The van der Waals surface area contributed by atoms with Crippen LogP contribution in [0.3, 0.4) is 0 Å². The van der Waals surface area contributed by atoms with Crippen LogP contribution in [0.25, 0.3) is 0 Å². The molecule has 2 aromatic heterocycles. The Hall–Kier alpha value is -1.75. The molecule has 0 aliphatic carbocycles. The Labute approximate surface area is 114 Å².